The van der Waals surface area contributed by atoms with E-state index < -0.39 is 0 Å². The molecule has 5 rings (SSSR count). The molecule has 0 spiro atoms. The number of para-hydroxylation sites is 2. The van der Waals surface area contributed by atoms with Gasteiger partial charge in [0.1, 0.15) is 5.82 Å². The summed E-state index contributed by atoms with van der Waals surface area (Å²) in [7, 11) is 0. The van der Waals surface area contributed by atoms with Crippen molar-refractivity contribution in [2.24, 2.45) is 0 Å². The van der Waals surface area contributed by atoms with Gasteiger partial charge in [-0.15, -0.1) is 20.4 Å². The van der Waals surface area contributed by atoms with Gasteiger partial charge in [0.05, 0.1) is 16.7 Å². The topological polar surface area (TPSA) is 90.0 Å². The summed E-state index contributed by atoms with van der Waals surface area (Å²) in [5, 5.41) is 22.4. The van der Waals surface area contributed by atoms with Crippen LogP contribution in [0, 0.1) is 0 Å². The molecule has 10 heteroatoms. The van der Waals surface area contributed by atoms with Crippen molar-refractivity contribution in [1.82, 2.24) is 29.4 Å². The predicted molar refractivity (Wildman–Crippen MR) is 138 cm³/mol. The zero-order valence-electron chi connectivity index (χ0n) is 19.3. The monoisotopic (exact) mass is 491 g/mol. The van der Waals surface area contributed by atoms with Gasteiger partial charge in [0.15, 0.2) is 4.34 Å². The Hall–Kier alpha value is -3.24. The maximum Gasteiger partial charge on any atom is 0.262 e. The van der Waals surface area contributed by atoms with Crippen LogP contribution in [0.5, 0.6) is 0 Å². The van der Waals surface area contributed by atoms with Crippen molar-refractivity contribution in [2.75, 3.05) is 5.32 Å². The molecule has 34 heavy (non-hydrogen) atoms. The van der Waals surface area contributed by atoms with Crippen molar-refractivity contribution in [3.8, 4) is 0 Å². The quantitative estimate of drug-likeness (QED) is 0.303. The average molecular weight is 492 g/mol. The van der Waals surface area contributed by atoms with E-state index in [1.807, 2.05) is 35.6 Å². The van der Waals surface area contributed by atoms with Gasteiger partial charge in [-0.1, -0.05) is 67.3 Å². The lowest BCUT2D eigenvalue weighted by atomic mass is 10.0. The van der Waals surface area contributed by atoms with Gasteiger partial charge in [0.25, 0.3) is 5.56 Å². The lowest BCUT2D eigenvalue weighted by Crippen LogP contribution is -2.22. The van der Waals surface area contributed by atoms with Gasteiger partial charge in [-0.3, -0.25) is 13.8 Å². The molecule has 0 atom stereocenters. The van der Waals surface area contributed by atoms with Crippen LogP contribution in [0.15, 0.2) is 51.6 Å². The second kappa shape index (κ2) is 9.55. The second-order valence-corrected chi connectivity index (χ2v) is 9.96. The molecule has 8 nitrogen and oxygen atoms in total. The summed E-state index contributed by atoms with van der Waals surface area (Å²) in [6, 6.07) is 14.0. The summed E-state index contributed by atoms with van der Waals surface area (Å²) in [5.41, 5.74) is 4.44. The second-order valence-electron chi connectivity index (χ2n) is 7.76. The number of anilines is 2. The smallest absolute Gasteiger partial charge is 0.262 e. The first-order valence-corrected chi connectivity index (χ1v) is 13.1. The Morgan fingerprint density at radius 1 is 0.941 bits per heavy atom. The van der Waals surface area contributed by atoms with Crippen LogP contribution in [0.1, 0.15) is 37.7 Å². The van der Waals surface area contributed by atoms with Gasteiger partial charge >= 0.3 is 0 Å². The van der Waals surface area contributed by atoms with Crippen LogP contribution in [-0.2, 0) is 25.1 Å². The minimum atomic E-state index is -0.0455. The van der Waals surface area contributed by atoms with Crippen molar-refractivity contribution >= 4 is 50.6 Å². The van der Waals surface area contributed by atoms with Crippen LogP contribution in [0.4, 0.5) is 10.8 Å². The first-order chi connectivity index (χ1) is 16.6. The van der Waals surface area contributed by atoms with Crippen LogP contribution in [0.25, 0.3) is 16.7 Å². The molecule has 0 aliphatic rings. The minimum absolute atomic E-state index is 0.0455. The number of aromatic nitrogens is 6. The largest absolute Gasteiger partial charge is 0.330 e. The number of fused-ring (bicyclic) bond motifs is 3. The van der Waals surface area contributed by atoms with E-state index in [1.165, 1.54) is 22.5 Å². The Morgan fingerprint density at radius 2 is 1.71 bits per heavy atom. The van der Waals surface area contributed by atoms with E-state index in [0.29, 0.717) is 23.5 Å². The van der Waals surface area contributed by atoms with Crippen LogP contribution in [0.2, 0.25) is 0 Å². The van der Waals surface area contributed by atoms with E-state index in [9.17, 15) is 4.79 Å². The number of thioether (sulfide) groups is 1. The highest BCUT2D eigenvalue weighted by molar-refractivity contribution is 8.00. The molecule has 0 saturated heterocycles. The number of hydrogen-bond acceptors (Lipinski definition) is 8. The van der Waals surface area contributed by atoms with Crippen LogP contribution >= 0.6 is 23.1 Å². The molecule has 3 aromatic heterocycles. The molecule has 0 saturated carbocycles. The SMILES string of the molecule is CCc1cccc(CC)c1Nc1nnc(SCc2nnc3n(CC)c(=O)c4ccccc4n23)s1. The van der Waals surface area contributed by atoms with Crippen molar-refractivity contribution < 1.29 is 0 Å². The molecule has 0 radical (unpaired) electrons. The highest BCUT2D eigenvalue weighted by Crippen LogP contribution is 2.32. The number of nitrogens with zero attached hydrogens (tertiary/aromatic N) is 6. The van der Waals surface area contributed by atoms with Crippen molar-refractivity contribution in [2.45, 2.75) is 50.3 Å². The summed E-state index contributed by atoms with van der Waals surface area (Å²) >= 11 is 3.09. The highest BCUT2D eigenvalue weighted by atomic mass is 32.2. The summed E-state index contributed by atoms with van der Waals surface area (Å²) in [4.78, 5) is 12.9. The number of nitrogens with one attached hydrogen (secondary N) is 1. The molecule has 174 valence electrons. The Balaban J connectivity index is 1.42. The molecular formula is C24H25N7OS2. The molecule has 1 N–H and O–H groups in total. The molecule has 2 aromatic carbocycles. The number of hydrogen-bond donors (Lipinski definition) is 1. The Labute approximate surface area is 205 Å². The first kappa shape index (κ1) is 22.5. The highest BCUT2D eigenvalue weighted by Gasteiger charge is 2.17. The molecule has 0 aliphatic carbocycles. The lowest BCUT2D eigenvalue weighted by Gasteiger charge is -2.13. The standard InChI is InChI=1S/C24H25N7OS2/c1-4-15-10-9-11-16(5-2)20(15)25-22-27-29-24(34-22)33-14-19-26-28-23-30(6-3)21(32)17-12-7-8-13-18(17)31(19)23/h7-13H,4-6,14H2,1-3H3,(H,25,27). The Morgan fingerprint density at radius 3 is 2.44 bits per heavy atom. The van der Waals surface area contributed by atoms with E-state index in [0.717, 1.165) is 39.3 Å². The molecule has 0 fully saturated rings. The molecule has 5 aromatic rings. The summed E-state index contributed by atoms with van der Waals surface area (Å²) in [6.07, 6.45) is 1.90. The summed E-state index contributed by atoms with van der Waals surface area (Å²) < 4.78 is 4.48. The Kier molecular flexibility index (Phi) is 6.34. The van der Waals surface area contributed by atoms with Crippen molar-refractivity contribution in [1.29, 1.82) is 0 Å². The lowest BCUT2D eigenvalue weighted by molar-refractivity contribution is 0.735. The van der Waals surface area contributed by atoms with E-state index in [-0.39, 0.29) is 5.56 Å². The fraction of sp³-hybridized carbons (Fsp3) is 0.292. The maximum absolute atomic E-state index is 12.9. The molecule has 0 unspecified atom stereocenters. The molecule has 0 amide bonds. The molecule has 3 heterocycles. The van der Waals surface area contributed by atoms with E-state index in [2.05, 4.69) is 57.8 Å². The van der Waals surface area contributed by atoms with E-state index in [1.54, 1.807) is 16.3 Å². The third kappa shape index (κ3) is 3.97. The zero-order valence-corrected chi connectivity index (χ0v) is 20.9. The number of rotatable bonds is 8. The summed E-state index contributed by atoms with van der Waals surface area (Å²) in [5.74, 6) is 1.89. The zero-order chi connectivity index (χ0) is 23.7. The third-order valence-corrected chi connectivity index (χ3v) is 7.82. The number of benzene rings is 2. The fourth-order valence-electron chi connectivity index (χ4n) is 4.15. The van der Waals surface area contributed by atoms with Gasteiger partial charge in [0, 0.05) is 12.2 Å². The molecule has 0 aliphatic heterocycles. The number of aryl methyl sites for hydroxylation is 3. The van der Waals surface area contributed by atoms with Gasteiger partial charge in [-0.05, 0) is 43.0 Å². The predicted octanol–water partition coefficient (Wildman–Crippen LogP) is 5.08. The van der Waals surface area contributed by atoms with Crippen molar-refractivity contribution in [3.05, 3.63) is 69.8 Å². The Bertz CT molecular complexity index is 1510. The van der Waals surface area contributed by atoms with Crippen LogP contribution in [-0.4, -0.2) is 29.4 Å². The van der Waals surface area contributed by atoms with Gasteiger partial charge in [0.2, 0.25) is 10.9 Å². The van der Waals surface area contributed by atoms with Gasteiger partial charge in [-0.2, -0.15) is 0 Å². The molecular weight excluding hydrogens is 466 g/mol. The van der Waals surface area contributed by atoms with Gasteiger partial charge < -0.3 is 5.32 Å². The van der Waals surface area contributed by atoms with Crippen molar-refractivity contribution in [3.63, 3.8) is 0 Å². The average Bonchev–Trinajstić information content (AvgIpc) is 3.50. The van der Waals surface area contributed by atoms with E-state index in [4.69, 9.17) is 0 Å². The van der Waals surface area contributed by atoms with E-state index >= 15 is 0 Å². The fourth-order valence-corrected chi connectivity index (χ4v) is 5.82. The summed E-state index contributed by atoms with van der Waals surface area (Å²) in [6.45, 7) is 6.79. The maximum atomic E-state index is 12.9. The molecule has 0 bridgehead atoms. The third-order valence-electron chi connectivity index (χ3n) is 5.85. The van der Waals surface area contributed by atoms with Crippen LogP contribution < -0.4 is 10.9 Å². The van der Waals surface area contributed by atoms with Gasteiger partial charge in [-0.25, -0.2) is 0 Å². The minimum Gasteiger partial charge on any atom is -0.330 e. The van der Waals surface area contributed by atoms with Crippen LogP contribution in [0.3, 0.4) is 0 Å². The normalized spacial score (nSPS) is 11.5. The first-order valence-electron chi connectivity index (χ1n) is 11.3.